The van der Waals surface area contributed by atoms with Gasteiger partial charge in [-0.2, -0.15) is 5.10 Å². The van der Waals surface area contributed by atoms with Gasteiger partial charge in [0.1, 0.15) is 11.3 Å². The van der Waals surface area contributed by atoms with E-state index in [-0.39, 0.29) is 5.56 Å². The lowest BCUT2D eigenvalue weighted by molar-refractivity contribution is 0.686. The molecule has 2 aromatic heterocycles. The van der Waals surface area contributed by atoms with E-state index in [4.69, 9.17) is 11.6 Å². The molecule has 0 unspecified atom stereocenters. The maximum absolute atomic E-state index is 12.0. The lowest BCUT2D eigenvalue weighted by Gasteiger charge is -2.06. The standard InChI is InChI=1S/C13H18ClN5O/c14-5-6-15-7-9-16-11-10(8-3-1-2-4-8)18-19-12(11)13(20)17-9/h8,15H,1-7H2,(H,18,19)(H,16,17,20). The van der Waals surface area contributed by atoms with E-state index in [1.807, 2.05) is 0 Å². The highest BCUT2D eigenvalue weighted by molar-refractivity contribution is 6.18. The van der Waals surface area contributed by atoms with Gasteiger partial charge in [-0.15, -0.1) is 11.6 Å². The normalized spacial score (nSPS) is 16.2. The zero-order valence-electron chi connectivity index (χ0n) is 11.2. The van der Waals surface area contributed by atoms with Crippen molar-refractivity contribution in [1.82, 2.24) is 25.5 Å². The summed E-state index contributed by atoms with van der Waals surface area (Å²) < 4.78 is 0. The molecular weight excluding hydrogens is 278 g/mol. The summed E-state index contributed by atoms with van der Waals surface area (Å²) in [5, 5.41) is 10.3. The number of hydrogen-bond donors (Lipinski definition) is 3. The van der Waals surface area contributed by atoms with Gasteiger partial charge in [0.05, 0.1) is 12.2 Å². The molecule has 1 aliphatic rings. The number of alkyl halides is 1. The van der Waals surface area contributed by atoms with Crippen LogP contribution in [0.2, 0.25) is 0 Å². The second-order valence-corrected chi connectivity index (χ2v) is 5.57. The van der Waals surface area contributed by atoms with Crippen LogP contribution in [0.5, 0.6) is 0 Å². The zero-order chi connectivity index (χ0) is 13.9. The van der Waals surface area contributed by atoms with Gasteiger partial charge in [0.15, 0.2) is 5.52 Å². The van der Waals surface area contributed by atoms with Gasteiger partial charge in [-0.3, -0.25) is 9.89 Å². The Balaban J connectivity index is 1.95. The first-order chi connectivity index (χ1) is 9.79. The van der Waals surface area contributed by atoms with Crippen LogP contribution in [-0.2, 0) is 6.54 Å². The predicted molar refractivity (Wildman–Crippen MR) is 78.1 cm³/mol. The summed E-state index contributed by atoms with van der Waals surface area (Å²) in [4.78, 5) is 19.3. The van der Waals surface area contributed by atoms with Gasteiger partial charge in [-0.1, -0.05) is 12.8 Å². The Labute approximate surface area is 121 Å². The van der Waals surface area contributed by atoms with Crippen molar-refractivity contribution in [2.45, 2.75) is 38.1 Å². The molecule has 108 valence electrons. The summed E-state index contributed by atoms with van der Waals surface area (Å²) in [6.45, 7) is 1.19. The molecule has 6 nitrogen and oxygen atoms in total. The maximum atomic E-state index is 12.0. The number of halogens is 1. The Bertz CT molecular complexity index is 644. The second-order valence-electron chi connectivity index (χ2n) is 5.19. The van der Waals surface area contributed by atoms with Crippen LogP contribution in [0.25, 0.3) is 11.0 Å². The van der Waals surface area contributed by atoms with Gasteiger partial charge in [0.25, 0.3) is 5.56 Å². The summed E-state index contributed by atoms with van der Waals surface area (Å²) in [5.74, 6) is 1.62. The maximum Gasteiger partial charge on any atom is 0.279 e. The Hall–Kier alpha value is -1.40. The smallest absolute Gasteiger partial charge is 0.279 e. The van der Waals surface area contributed by atoms with E-state index in [2.05, 4.69) is 25.5 Å². The Morgan fingerprint density at radius 1 is 1.30 bits per heavy atom. The fourth-order valence-corrected chi connectivity index (χ4v) is 2.96. The van der Waals surface area contributed by atoms with Crippen molar-refractivity contribution in [3.8, 4) is 0 Å². The zero-order valence-corrected chi connectivity index (χ0v) is 12.0. The van der Waals surface area contributed by atoms with E-state index in [0.29, 0.717) is 36.2 Å². The first-order valence-corrected chi connectivity index (χ1v) is 7.57. The minimum absolute atomic E-state index is 0.182. The minimum Gasteiger partial charge on any atom is -0.309 e. The van der Waals surface area contributed by atoms with Crippen LogP contribution in [0, 0.1) is 0 Å². The molecule has 0 radical (unpaired) electrons. The number of aromatic amines is 2. The van der Waals surface area contributed by atoms with Crippen LogP contribution in [0.4, 0.5) is 0 Å². The average molecular weight is 296 g/mol. The number of fused-ring (bicyclic) bond motifs is 1. The van der Waals surface area contributed by atoms with E-state index < -0.39 is 0 Å². The monoisotopic (exact) mass is 295 g/mol. The summed E-state index contributed by atoms with van der Waals surface area (Å²) in [5.41, 5.74) is 1.97. The van der Waals surface area contributed by atoms with Gasteiger partial charge in [-0.25, -0.2) is 4.98 Å². The second kappa shape index (κ2) is 5.93. The van der Waals surface area contributed by atoms with Gasteiger partial charge < -0.3 is 10.3 Å². The molecule has 3 N–H and O–H groups in total. The van der Waals surface area contributed by atoms with Crippen molar-refractivity contribution in [1.29, 1.82) is 0 Å². The average Bonchev–Trinajstić information content (AvgIpc) is 3.06. The molecule has 0 saturated heterocycles. The Morgan fingerprint density at radius 2 is 2.10 bits per heavy atom. The Kier molecular flexibility index (Phi) is 4.03. The molecule has 20 heavy (non-hydrogen) atoms. The molecule has 0 amide bonds. The molecule has 0 bridgehead atoms. The highest BCUT2D eigenvalue weighted by atomic mass is 35.5. The quantitative estimate of drug-likeness (QED) is 0.578. The van der Waals surface area contributed by atoms with Crippen molar-refractivity contribution in [2.75, 3.05) is 12.4 Å². The molecule has 1 aliphatic carbocycles. The van der Waals surface area contributed by atoms with Crippen molar-refractivity contribution >= 4 is 22.6 Å². The number of nitrogens with one attached hydrogen (secondary N) is 3. The summed E-state index contributed by atoms with van der Waals surface area (Å²) in [7, 11) is 0. The van der Waals surface area contributed by atoms with E-state index in [9.17, 15) is 4.79 Å². The highest BCUT2D eigenvalue weighted by Crippen LogP contribution is 2.35. The molecule has 2 heterocycles. The SMILES string of the molecule is O=c1[nH]c(CNCCCl)nc2c(C3CCCC3)[nH]nc12. The lowest BCUT2D eigenvalue weighted by Crippen LogP contribution is -2.21. The number of rotatable bonds is 5. The summed E-state index contributed by atoms with van der Waals surface area (Å²) in [6.07, 6.45) is 4.76. The van der Waals surface area contributed by atoms with Crippen LogP contribution in [-0.4, -0.2) is 32.6 Å². The Morgan fingerprint density at radius 3 is 2.85 bits per heavy atom. The third-order valence-corrected chi connectivity index (χ3v) is 4.00. The van der Waals surface area contributed by atoms with Crippen LogP contribution >= 0.6 is 11.6 Å². The van der Waals surface area contributed by atoms with Gasteiger partial charge in [0, 0.05) is 18.3 Å². The molecule has 0 aliphatic heterocycles. The van der Waals surface area contributed by atoms with E-state index in [1.165, 1.54) is 12.8 Å². The molecule has 0 aromatic carbocycles. The molecule has 1 fully saturated rings. The van der Waals surface area contributed by atoms with E-state index in [1.54, 1.807) is 0 Å². The number of H-pyrrole nitrogens is 2. The number of aromatic nitrogens is 4. The van der Waals surface area contributed by atoms with Crippen LogP contribution in [0.3, 0.4) is 0 Å². The highest BCUT2D eigenvalue weighted by Gasteiger charge is 2.23. The number of nitrogens with zero attached hydrogens (tertiary/aromatic N) is 2. The third-order valence-electron chi connectivity index (χ3n) is 3.81. The van der Waals surface area contributed by atoms with E-state index in [0.717, 1.165) is 24.1 Å². The molecule has 0 atom stereocenters. The fraction of sp³-hybridized carbons (Fsp3) is 0.615. The summed E-state index contributed by atoms with van der Waals surface area (Å²) >= 11 is 5.62. The topological polar surface area (TPSA) is 86.5 Å². The predicted octanol–water partition coefficient (Wildman–Crippen LogP) is 1.63. The van der Waals surface area contributed by atoms with Gasteiger partial charge >= 0.3 is 0 Å². The van der Waals surface area contributed by atoms with Crippen molar-refractivity contribution in [3.63, 3.8) is 0 Å². The van der Waals surface area contributed by atoms with Crippen LogP contribution in [0.15, 0.2) is 4.79 Å². The van der Waals surface area contributed by atoms with Gasteiger partial charge in [-0.05, 0) is 12.8 Å². The van der Waals surface area contributed by atoms with Crippen LogP contribution in [0.1, 0.15) is 43.1 Å². The van der Waals surface area contributed by atoms with E-state index >= 15 is 0 Å². The summed E-state index contributed by atoms with van der Waals surface area (Å²) in [6, 6.07) is 0. The molecule has 0 spiro atoms. The van der Waals surface area contributed by atoms with Crippen LogP contribution < -0.4 is 10.9 Å². The number of hydrogen-bond acceptors (Lipinski definition) is 4. The first kappa shape index (κ1) is 13.6. The molecule has 1 saturated carbocycles. The molecular formula is C13H18ClN5O. The van der Waals surface area contributed by atoms with Crippen molar-refractivity contribution in [2.24, 2.45) is 0 Å². The molecule has 2 aromatic rings. The fourth-order valence-electron chi connectivity index (χ4n) is 2.83. The van der Waals surface area contributed by atoms with Crippen molar-refractivity contribution < 1.29 is 0 Å². The molecule has 3 rings (SSSR count). The van der Waals surface area contributed by atoms with Gasteiger partial charge in [0.2, 0.25) is 0 Å². The first-order valence-electron chi connectivity index (χ1n) is 7.03. The minimum atomic E-state index is -0.182. The lowest BCUT2D eigenvalue weighted by atomic mass is 10.0. The third kappa shape index (κ3) is 2.58. The largest absolute Gasteiger partial charge is 0.309 e. The molecule has 7 heteroatoms. The van der Waals surface area contributed by atoms with Crippen molar-refractivity contribution in [3.05, 3.63) is 21.9 Å².